The fraction of sp³-hybridized carbons (Fsp3) is 0.476. The Morgan fingerprint density at radius 1 is 1.17 bits per heavy atom. The lowest BCUT2D eigenvalue weighted by atomic mass is 9.94. The summed E-state index contributed by atoms with van der Waals surface area (Å²) in [4.78, 5) is 27.1. The number of hydrogen-bond donors (Lipinski definition) is 0. The van der Waals surface area contributed by atoms with Crippen molar-refractivity contribution in [2.24, 2.45) is 5.92 Å². The van der Waals surface area contributed by atoms with Gasteiger partial charge in [-0.05, 0) is 56.6 Å². The van der Waals surface area contributed by atoms with Crippen molar-refractivity contribution in [3.8, 4) is 5.82 Å². The highest BCUT2D eigenvalue weighted by Crippen LogP contribution is 2.27. The van der Waals surface area contributed by atoms with Crippen molar-refractivity contribution in [1.29, 1.82) is 0 Å². The molecule has 1 aliphatic heterocycles. The van der Waals surface area contributed by atoms with Gasteiger partial charge in [0.15, 0.2) is 5.82 Å². The van der Waals surface area contributed by atoms with E-state index < -0.39 is 0 Å². The van der Waals surface area contributed by atoms with Gasteiger partial charge in [-0.1, -0.05) is 5.16 Å². The maximum atomic E-state index is 12.9. The number of carbonyl (C=O) groups is 1. The highest BCUT2D eigenvalue weighted by Gasteiger charge is 2.30. The number of piperidine rings is 1. The molecular formula is C21H24N6O3. The average Bonchev–Trinajstić information content (AvgIpc) is 3.46. The molecule has 0 bridgehead atoms. The number of carbonyl (C=O) groups excluding carboxylic acids is 1. The molecule has 1 amide bonds. The number of rotatable bonds is 4. The molecule has 4 heterocycles. The first-order chi connectivity index (χ1) is 14.7. The standard InChI is InChI=1S/C21H24N6O3/c28-19-7-6-18(26-11-3-10-22-26)23-27(19)14-15-8-12-25(13-9-15)21(29)20-16-4-1-2-5-17(16)24-30-20/h3,6-7,10-11,15H,1-2,4-5,8-9,12-14H2. The highest BCUT2D eigenvalue weighted by molar-refractivity contribution is 5.93. The van der Waals surface area contributed by atoms with Crippen molar-refractivity contribution in [3.05, 3.63) is 58.0 Å². The minimum Gasteiger partial charge on any atom is -0.350 e. The van der Waals surface area contributed by atoms with Gasteiger partial charge in [-0.2, -0.15) is 5.10 Å². The van der Waals surface area contributed by atoms with Crippen LogP contribution in [0.15, 0.2) is 39.9 Å². The number of aryl methyl sites for hydroxylation is 1. The Balaban J connectivity index is 1.24. The predicted octanol–water partition coefficient (Wildman–Crippen LogP) is 1.85. The van der Waals surface area contributed by atoms with Crippen LogP contribution in [0.3, 0.4) is 0 Å². The van der Waals surface area contributed by atoms with E-state index in [1.807, 2.05) is 11.0 Å². The molecule has 9 nitrogen and oxygen atoms in total. The molecule has 0 atom stereocenters. The largest absolute Gasteiger partial charge is 0.350 e. The first-order valence-electron chi connectivity index (χ1n) is 10.5. The van der Waals surface area contributed by atoms with Crippen molar-refractivity contribution < 1.29 is 9.32 Å². The zero-order chi connectivity index (χ0) is 20.5. The third-order valence-corrected chi connectivity index (χ3v) is 6.08. The quantitative estimate of drug-likeness (QED) is 0.653. The number of aromatic nitrogens is 5. The molecule has 0 unspecified atom stereocenters. The van der Waals surface area contributed by atoms with Crippen LogP contribution in [0.5, 0.6) is 0 Å². The lowest BCUT2D eigenvalue weighted by Crippen LogP contribution is -2.40. The number of likely N-dealkylation sites (tertiary alicyclic amines) is 1. The molecule has 2 aliphatic rings. The summed E-state index contributed by atoms with van der Waals surface area (Å²) in [5.74, 6) is 1.27. The van der Waals surface area contributed by atoms with Crippen molar-refractivity contribution >= 4 is 5.91 Å². The van der Waals surface area contributed by atoms with Crippen LogP contribution in [0.2, 0.25) is 0 Å². The molecule has 1 saturated heterocycles. The van der Waals surface area contributed by atoms with Crippen LogP contribution in [0.1, 0.15) is 47.5 Å². The molecular weight excluding hydrogens is 384 g/mol. The summed E-state index contributed by atoms with van der Waals surface area (Å²) < 4.78 is 8.55. The minimum atomic E-state index is -0.127. The van der Waals surface area contributed by atoms with Gasteiger partial charge in [0.1, 0.15) is 0 Å². The second-order valence-electron chi connectivity index (χ2n) is 8.04. The maximum Gasteiger partial charge on any atom is 0.292 e. The first kappa shape index (κ1) is 18.8. The zero-order valence-electron chi connectivity index (χ0n) is 16.7. The molecule has 0 radical (unpaired) electrons. The normalized spacial score (nSPS) is 17.1. The summed E-state index contributed by atoms with van der Waals surface area (Å²) in [7, 11) is 0. The van der Waals surface area contributed by atoms with Crippen molar-refractivity contribution in [2.75, 3.05) is 13.1 Å². The van der Waals surface area contributed by atoms with E-state index in [0.717, 1.165) is 49.8 Å². The third kappa shape index (κ3) is 3.55. The van der Waals surface area contributed by atoms with E-state index in [2.05, 4.69) is 15.4 Å². The van der Waals surface area contributed by atoms with Gasteiger partial charge in [-0.25, -0.2) is 9.36 Å². The van der Waals surface area contributed by atoms with Crippen molar-refractivity contribution in [1.82, 2.24) is 29.6 Å². The Morgan fingerprint density at radius 3 is 2.80 bits per heavy atom. The van der Waals surface area contributed by atoms with Crippen LogP contribution in [0, 0.1) is 5.92 Å². The molecule has 1 aliphatic carbocycles. The van der Waals surface area contributed by atoms with E-state index in [-0.39, 0.29) is 17.4 Å². The molecule has 156 valence electrons. The van der Waals surface area contributed by atoms with Crippen LogP contribution < -0.4 is 5.56 Å². The summed E-state index contributed by atoms with van der Waals surface area (Å²) in [6.07, 6.45) is 9.07. The SMILES string of the molecule is O=C(c1onc2c1CCCC2)N1CCC(Cn2nc(-n3cccn3)ccc2=O)CC1. The Kier molecular flexibility index (Phi) is 4.94. The number of fused-ring (bicyclic) bond motifs is 1. The molecule has 0 spiro atoms. The third-order valence-electron chi connectivity index (χ3n) is 6.08. The van der Waals surface area contributed by atoms with Gasteiger partial charge in [0, 0.05) is 43.7 Å². The van der Waals surface area contributed by atoms with Crippen LogP contribution in [0.25, 0.3) is 5.82 Å². The van der Waals surface area contributed by atoms with E-state index in [1.165, 1.54) is 10.7 Å². The van der Waals surface area contributed by atoms with Crippen LogP contribution in [-0.4, -0.2) is 48.6 Å². The van der Waals surface area contributed by atoms with Gasteiger partial charge < -0.3 is 9.42 Å². The van der Waals surface area contributed by atoms with E-state index in [9.17, 15) is 9.59 Å². The Morgan fingerprint density at radius 2 is 2.00 bits per heavy atom. The summed E-state index contributed by atoms with van der Waals surface area (Å²) in [5, 5.41) is 12.7. The molecule has 3 aromatic heterocycles. The molecule has 9 heteroatoms. The topological polar surface area (TPSA) is 99.1 Å². The molecule has 0 saturated carbocycles. The smallest absolute Gasteiger partial charge is 0.292 e. The lowest BCUT2D eigenvalue weighted by Gasteiger charge is -2.31. The fourth-order valence-electron chi connectivity index (χ4n) is 4.36. The lowest BCUT2D eigenvalue weighted by molar-refractivity contribution is 0.0637. The molecule has 1 fully saturated rings. The summed E-state index contributed by atoms with van der Waals surface area (Å²) in [5.41, 5.74) is 1.82. The van der Waals surface area contributed by atoms with E-state index in [1.54, 1.807) is 23.1 Å². The summed E-state index contributed by atoms with van der Waals surface area (Å²) >= 11 is 0. The van der Waals surface area contributed by atoms with Gasteiger partial charge in [0.2, 0.25) is 5.76 Å². The second-order valence-corrected chi connectivity index (χ2v) is 8.04. The van der Waals surface area contributed by atoms with Gasteiger partial charge >= 0.3 is 0 Å². The molecule has 5 rings (SSSR count). The minimum absolute atomic E-state index is 0.0555. The Labute approximate surface area is 173 Å². The van der Waals surface area contributed by atoms with Crippen LogP contribution >= 0.6 is 0 Å². The zero-order valence-corrected chi connectivity index (χ0v) is 16.7. The second kappa shape index (κ2) is 7.89. The molecule has 0 aromatic carbocycles. The van der Waals surface area contributed by atoms with Gasteiger partial charge in [0.25, 0.3) is 11.5 Å². The number of hydrogen-bond acceptors (Lipinski definition) is 6. The van der Waals surface area contributed by atoms with Gasteiger partial charge in [0.05, 0.1) is 5.69 Å². The summed E-state index contributed by atoms with van der Waals surface area (Å²) in [6.45, 7) is 1.83. The molecule has 3 aromatic rings. The highest BCUT2D eigenvalue weighted by atomic mass is 16.5. The van der Waals surface area contributed by atoms with Crippen LogP contribution in [0.4, 0.5) is 0 Å². The van der Waals surface area contributed by atoms with Crippen LogP contribution in [-0.2, 0) is 19.4 Å². The molecule has 0 N–H and O–H groups in total. The van der Waals surface area contributed by atoms with E-state index >= 15 is 0 Å². The fourth-order valence-corrected chi connectivity index (χ4v) is 4.36. The monoisotopic (exact) mass is 408 g/mol. The van der Waals surface area contributed by atoms with E-state index in [0.29, 0.717) is 31.2 Å². The Hall–Kier alpha value is -3.23. The average molecular weight is 408 g/mol. The number of amides is 1. The van der Waals surface area contributed by atoms with E-state index in [4.69, 9.17) is 4.52 Å². The van der Waals surface area contributed by atoms with Crippen molar-refractivity contribution in [3.63, 3.8) is 0 Å². The number of nitrogens with zero attached hydrogens (tertiary/aromatic N) is 6. The van der Waals surface area contributed by atoms with Gasteiger partial charge in [-0.15, -0.1) is 5.10 Å². The first-order valence-corrected chi connectivity index (χ1v) is 10.5. The summed E-state index contributed by atoms with van der Waals surface area (Å²) in [6, 6.07) is 5.01. The predicted molar refractivity (Wildman–Crippen MR) is 107 cm³/mol. The molecule has 30 heavy (non-hydrogen) atoms. The van der Waals surface area contributed by atoms with Gasteiger partial charge in [-0.3, -0.25) is 9.59 Å². The Bertz CT molecular complexity index is 1090. The maximum absolute atomic E-state index is 12.9. The van der Waals surface area contributed by atoms with Crippen molar-refractivity contribution in [2.45, 2.75) is 45.1 Å².